The minimum absolute atomic E-state index is 0.219. The van der Waals surface area contributed by atoms with Crippen molar-refractivity contribution < 1.29 is 106 Å². The van der Waals surface area contributed by atoms with E-state index in [1.165, 1.54) is 0 Å². The first-order valence-electron chi connectivity index (χ1n) is 19.4. The smallest absolute Gasteiger partial charge is 0.413 e. The summed E-state index contributed by atoms with van der Waals surface area (Å²) in [6.45, 7) is 0. The van der Waals surface area contributed by atoms with Crippen molar-refractivity contribution >= 4 is 23.0 Å². The molecular formula is C42H24F18N3O6P3. The highest BCUT2D eigenvalue weighted by Crippen LogP contribution is 2.79. The lowest BCUT2D eigenvalue weighted by Gasteiger charge is -2.33. The number of hydrogen-bond acceptors (Lipinski definition) is 9. The molecule has 72 heavy (non-hydrogen) atoms. The summed E-state index contributed by atoms with van der Waals surface area (Å²) < 4.78 is 303. The summed E-state index contributed by atoms with van der Waals surface area (Å²) in [5, 5.41) is 0. The molecule has 0 saturated carbocycles. The number of alkyl halides is 18. The van der Waals surface area contributed by atoms with Crippen LogP contribution in [0, 0.1) is 0 Å². The molecule has 0 spiro atoms. The van der Waals surface area contributed by atoms with Crippen LogP contribution in [0.3, 0.4) is 0 Å². The molecule has 6 aromatic rings. The molecule has 0 saturated heterocycles. The fourth-order valence-electron chi connectivity index (χ4n) is 5.96. The summed E-state index contributed by atoms with van der Waals surface area (Å²) in [4.78, 5) is 0. The highest BCUT2D eigenvalue weighted by molar-refractivity contribution is 7.79. The van der Waals surface area contributed by atoms with Gasteiger partial charge in [0.05, 0.1) is 33.4 Å². The van der Waals surface area contributed by atoms with E-state index in [-0.39, 0.29) is 36.4 Å². The SMILES string of the molecule is FC(F)(F)c1cccc(OP2(Oc3cccc(C(F)(F)F)c3)=NP(Oc3cccc(C(F)(F)F)c3)(Oc3cccc(C(F)(F)F)c3)=NP(Oc3cccc(C(F)(F)F)c3)(Oc3cccc(C(F)(F)F)c3)=N2)c1. The second-order valence-corrected chi connectivity index (χ2v) is 20.6. The average molecular weight is 1100 g/mol. The molecule has 0 unspecified atom stereocenters. The van der Waals surface area contributed by atoms with Crippen molar-refractivity contribution in [2.45, 2.75) is 37.1 Å². The molecule has 1 aliphatic rings. The molecule has 1 heterocycles. The third-order valence-electron chi connectivity index (χ3n) is 8.99. The fourth-order valence-corrected chi connectivity index (χ4v) is 15.0. The Morgan fingerprint density at radius 2 is 0.375 bits per heavy atom. The van der Waals surface area contributed by atoms with E-state index in [1.54, 1.807) is 0 Å². The Labute approximate surface area is 392 Å². The molecule has 9 nitrogen and oxygen atoms in total. The number of nitrogens with zero attached hydrogens (tertiary/aromatic N) is 3. The molecule has 0 fully saturated rings. The summed E-state index contributed by atoms with van der Waals surface area (Å²) in [6.07, 6.45) is -31.3. The summed E-state index contributed by atoms with van der Waals surface area (Å²) in [6, 6.07) is 12.7. The number of halogens is 18. The molecule has 0 aromatic heterocycles. The summed E-state index contributed by atoms with van der Waals surface area (Å²) >= 11 is 0. The van der Waals surface area contributed by atoms with Crippen LogP contribution in [0.5, 0.6) is 34.5 Å². The Bertz CT molecular complexity index is 2610. The highest BCUT2D eigenvalue weighted by Gasteiger charge is 2.50. The van der Waals surface area contributed by atoms with Crippen LogP contribution in [0.15, 0.2) is 159 Å². The molecule has 0 aliphatic carbocycles. The zero-order valence-corrected chi connectivity index (χ0v) is 37.5. The van der Waals surface area contributed by atoms with E-state index in [4.69, 9.17) is 27.1 Å². The van der Waals surface area contributed by atoms with Crippen LogP contribution in [0.1, 0.15) is 33.4 Å². The molecule has 0 atom stereocenters. The van der Waals surface area contributed by atoms with E-state index >= 15 is 0 Å². The molecule has 0 bridgehead atoms. The van der Waals surface area contributed by atoms with Crippen molar-refractivity contribution in [3.63, 3.8) is 0 Å². The summed E-state index contributed by atoms with van der Waals surface area (Å²) in [5.41, 5.74) is -9.16. The van der Waals surface area contributed by atoms with Gasteiger partial charge in [-0.25, -0.2) is 0 Å². The van der Waals surface area contributed by atoms with Crippen molar-refractivity contribution in [2.75, 3.05) is 0 Å². The van der Waals surface area contributed by atoms with Crippen LogP contribution >= 0.6 is 23.0 Å². The topological polar surface area (TPSA) is 92.5 Å². The number of hydrogen-bond donors (Lipinski definition) is 0. The van der Waals surface area contributed by atoms with E-state index in [1.807, 2.05) is 0 Å². The molecule has 1 aliphatic heterocycles. The van der Waals surface area contributed by atoms with Gasteiger partial charge in [0.15, 0.2) is 0 Å². The molecule has 0 radical (unpaired) electrons. The van der Waals surface area contributed by atoms with Crippen LogP contribution in [0.2, 0.25) is 0 Å². The largest absolute Gasteiger partial charge is 0.460 e. The Hall–Kier alpha value is -6.45. The minimum atomic E-state index is -5.82. The van der Waals surface area contributed by atoms with Crippen LogP contribution in [-0.2, 0) is 37.1 Å². The van der Waals surface area contributed by atoms with Gasteiger partial charge in [-0.3, -0.25) is 0 Å². The zero-order valence-electron chi connectivity index (χ0n) is 34.8. The van der Waals surface area contributed by atoms with Crippen LogP contribution in [0.25, 0.3) is 0 Å². The van der Waals surface area contributed by atoms with Crippen molar-refractivity contribution in [2.24, 2.45) is 13.5 Å². The monoisotopic (exact) mass is 1100 g/mol. The molecule has 0 N–H and O–H groups in total. The van der Waals surface area contributed by atoms with Crippen LogP contribution in [-0.4, -0.2) is 0 Å². The zero-order chi connectivity index (χ0) is 52.8. The van der Waals surface area contributed by atoms with E-state index in [2.05, 4.69) is 13.5 Å². The van der Waals surface area contributed by atoms with Crippen molar-refractivity contribution in [3.05, 3.63) is 179 Å². The predicted molar refractivity (Wildman–Crippen MR) is 220 cm³/mol. The lowest BCUT2D eigenvalue weighted by molar-refractivity contribution is -0.138. The summed E-state index contributed by atoms with van der Waals surface area (Å²) in [5.74, 6) is -6.29. The van der Waals surface area contributed by atoms with Gasteiger partial charge in [-0.05, 0) is 109 Å². The quantitative estimate of drug-likeness (QED) is 0.0895. The second kappa shape index (κ2) is 19.2. The standard InChI is InChI=1S/C42H24F18N3O6P3/c43-37(44,45)25-7-1-13-31(19-25)64-70(65-32-14-2-8-26(20-32)38(46,47)48)61-71(66-33-15-3-9-27(21-33)39(49,50)51,67-34-16-4-10-28(22-34)40(52,53)54)63-72(62-70,68-35-17-5-11-29(23-35)41(55,56)57)69-36-18-6-12-30(24-36)42(58,59)60/h1-24H. The first-order valence-corrected chi connectivity index (χ1v) is 23.9. The second-order valence-electron chi connectivity index (χ2n) is 14.4. The van der Waals surface area contributed by atoms with E-state index in [0.717, 1.165) is 36.4 Å². The van der Waals surface area contributed by atoms with Crippen molar-refractivity contribution in [3.8, 4) is 34.5 Å². The third-order valence-corrected chi connectivity index (χ3v) is 17.1. The normalized spacial score (nSPS) is 15.8. The highest BCUT2D eigenvalue weighted by atomic mass is 31.3. The lowest BCUT2D eigenvalue weighted by Crippen LogP contribution is -2.13. The van der Waals surface area contributed by atoms with Gasteiger partial charge in [-0.2, -0.15) is 79.0 Å². The van der Waals surface area contributed by atoms with Gasteiger partial charge in [0.1, 0.15) is 34.5 Å². The molecule has 6 aromatic carbocycles. The van der Waals surface area contributed by atoms with Crippen molar-refractivity contribution in [1.29, 1.82) is 0 Å². The number of benzene rings is 6. The maximum Gasteiger partial charge on any atom is 0.460 e. The predicted octanol–water partition coefficient (Wildman–Crippen LogP) is 18.4. The van der Waals surface area contributed by atoms with Crippen LogP contribution in [0.4, 0.5) is 79.0 Å². The molecule has 384 valence electrons. The molecular weight excluding hydrogens is 1080 g/mol. The van der Waals surface area contributed by atoms with Crippen LogP contribution < -0.4 is 27.1 Å². The summed E-state index contributed by atoms with van der Waals surface area (Å²) in [7, 11) is -17.4. The molecule has 0 amide bonds. The van der Waals surface area contributed by atoms with Gasteiger partial charge in [-0.15, -0.1) is 0 Å². The maximum absolute atomic E-state index is 14.2. The van der Waals surface area contributed by atoms with Gasteiger partial charge in [0.25, 0.3) is 0 Å². The number of rotatable bonds is 12. The average Bonchev–Trinajstić information content (AvgIpc) is 3.25. The fraction of sp³-hybridized carbons (Fsp3) is 0.143. The van der Waals surface area contributed by atoms with E-state index in [9.17, 15) is 79.0 Å². The minimum Gasteiger partial charge on any atom is -0.413 e. The Kier molecular flexibility index (Phi) is 14.2. The maximum atomic E-state index is 14.2. The van der Waals surface area contributed by atoms with Gasteiger partial charge in [0, 0.05) is 0 Å². The third kappa shape index (κ3) is 13.1. The van der Waals surface area contributed by atoms with Crippen molar-refractivity contribution in [1.82, 2.24) is 0 Å². The Morgan fingerprint density at radius 3 is 0.500 bits per heavy atom. The van der Waals surface area contributed by atoms with Gasteiger partial charge in [-0.1, -0.05) is 49.9 Å². The lowest BCUT2D eigenvalue weighted by atomic mass is 10.2. The molecule has 7 rings (SSSR count). The Balaban J connectivity index is 1.68. The van der Waals surface area contributed by atoms with E-state index in [0.29, 0.717) is 72.8 Å². The van der Waals surface area contributed by atoms with Gasteiger partial charge < -0.3 is 27.1 Å². The first kappa shape index (κ1) is 53.4. The van der Waals surface area contributed by atoms with Gasteiger partial charge >= 0.3 is 60.0 Å². The van der Waals surface area contributed by atoms with E-state index < -0.39 is 128 Å². The van der Waals surface area contributed by atoms with Gasteiger partial charge in [0.2, 0.25) is 0 Å². The Morgan fingerprint density at radius 1 is 0.236 bits per heavy atom. The first-order chi connectivity index (χ1) is 33.2. The molecule has 30 heteroatoms.